The lowest BCUT2D eigenvalue weighted by atomic mass is 10.1. The molecule has 0 aliphatic carbocycles. The van der Waals surface area contributed by atoms with Crippen LogP contribution in [0, 0.1) is 6.92 Å². The first-order chi connectivity index (χ1) is 10.1. The van der Waals surface area contributed by atoms with Crippen LogP contribution in [-0.2, 0) is 9.53 Å². The van der Waals surface area contributed by atoms with E-state index < -0.39 is 0 Å². The summed E-state index contributed by atoms with van der Waals surface area (Å²) in [5.41, 5.74) is 1.98. The maximum absolute atomic E-state index is 12.1. The average molecular weight is 328 g/mol. The van der Waals surface area contributed by atoms with Gasteiger partial charge >= 0.3 is 0 Å². The van der Waals surface area contributed by atoms with Crippen molar-refractivity contribution in [1.29, 1.82) is 0 Å². The van der Waals surface area contributed by atoms with E-state index in [-0.39, 0.29) is 30.3 Å². The summed E-state index contributed by atoms with van der Waals surface area (Å²) in [6.07, 6.45) is 0.206. The molecular weight excluding hydrogens is 306 g/mol. The predicted octanol–water partition coefficient (Wildman–Crippen LogP) is 1.09. The van der Waals surface area contributed by atoms with Crippen molar-refractivity contribution in [3.05, 3.63) is 29.3 Å². The number of carbonyl (C=O) groups is 2. The zero-order chi connectivity index (χ0) is 15.2. The third-order valence-corrected chi connectivity index (χ3v) is 3.50. The molecule has 1 aliphatic rings. The molecule has 0 bridgehead atoms. The van der Waals surface area contributed by atoms with E-state index in [0.29, 0.717) is 30.8 Å². The van der Waals surface area contributed by atoms with Gasteiger partial charge in [-0.3, -0.25) is 9.59 Å². The van der Waals surface area contributed by atoms with Gasteiger partial charge in [0.1, 0.15) is 0 Å². The van der Waals surface area contributed by atoms with Gasteiger partial charge in [0.2, 0.25) is 5.91 Å². The van der Waals surface area contributed by atoms with Gasteiger partial charge in [0.05, 0.1) is 19.1 Å². The summed E-state index contributed by atoms with van der Waals surface area (Å²) < 4.78 is 5.51. The minimum Gasteiger partial charge on any atom is -0.375 e. The van der Waals surface area contributed by atoms with E-state index in [4.69, 9.17) is 4.74 Å². The number of rotatable bonds is 4. The van der Waals surface area contributed by atoms with Crippen LogP contribution < -0.4 is 16.0 Å². The van der Waals surface area contributed by atoms with E-state index in [1.807, 2.05) is 6.92 Å². The van der Waals surface area contributed by atoms with Crippen molar-refractivity contribution >= 4 is 29.9 Å². The molecule has 7 heteroatoms. The Kier molecular flexibility index (Phi) is 7.31. The largest absolute Gasteiger partial charge is 0.375 e. The smallest absolute Gasteiger partial charge is 0.251 e. The highest BCUT2D eigenvalue weighted by Crippen LogP contribution is 2.19. The standard InChI is InChI=1S/C15H21N3O3.ClH/c1-10-12(15(20)16-2)4-3-5-13(10)18-14(19)8-11-9-17-6-7-21-11;/h3-5,11,17H,6-9H2,1-2H3,(H,16,20)(H,18,19);1H. The molecule has 2 rings (SSSR count). The third-order valence-electron chi connectivity index (χ3n) is 3.50. The lowest BCUT2D eigenvalue weighted by Crippen LogP contribution is -2.40. The van der Waals surface area contributed by atoms with Crippen molar-refractivity contribution in [2.75, 3.05) is 32.1 Å². The molecule has 2 amide bonds. The summed E-state index contributed by atoms with van der Waals surface area (Å²) in [5.74, 6) is -0.274. The first kappa shape index (κ1) is 18.4. The molecule has 1 aromatic rings. The van der Waals surface area contributed by atoms with Crippen LogP contribution in [0.5, 0.6) is 0 Å². The fourth-order valence-corrected chi connectivity index (χ4v) is 2.31. The normalized spacial score (nSPS) is 17.3. The Morgan fingerprint density at radius 3 is 2.82 bits per heavy atom. The quantitative estimate of drug-likeness (QED) is 0.773. The number of amides is 2. The van der Waals surface area contributed by atoms with Crippen molar-refractivity contribution in [3.8, 4) is 0 Å². The first-order valence-electron chi connectivity index (χ1n) is 7.05. The number of hydrogen-bond acceptors (Lipinski definition) is 4. The monoisotopic (exact) mass is 327 g/mol. The molecule has 0 saturated carbocycles. The molecule has 6 nitrogen and oxygen atoms in total. The lowest BCUT2D eigenvalue weighted by molar-refractivity contribution is -0.119. The molecule has 1 aromatic carbocycles. The number of ether oxygens (including phenoxy) is 1. The predicted molar refractivity (Wildman–Crippen MR) is 87.7 cm³/mol. The summed E-state index contributed by atoms with van der Waals surface area (Å²) in [6.45, 7) is 3.96. The van der Waals surface area contributed by atoms with E-state index in [1.54, 1.807) is 25.2 Å². The highest BCUT2D eigenvalue weighted by Gasteiger charge is 2.18. The number of anilines is 1. The Bertz CT molecular complexity index is 531. The maximum Gasteiger partial charge on any atom is 0.251 e. The molecule has 1 saturated heterocycles. The van der Waals surface area contributed by atoms with Crippen molar-refractivity contribution in [3.63, 3.8) is 0 Å². The molecular formula is C15H22ClN3O3. The van der Waals surface area contributed by atoms with Gasteiger partial charge in [-0.05, 0) is 24.6 Å². The summed E-state index contributed by atoms with van der Waals surface area (Å²) in [7, 11) is 1.58. The van der Waals surface area contributed by atoms with Gasteiger partial charge < -0.3 is 20.7 Å². The van der Waals surface area contributed by atoms with Crippen molar-refractivity contribution < 1.29 is 14.3 Å². The number of halogens is 1. The molecule has 0 aromatic heterocycles. The Morgan fingerprint density at radius 2 is 2.18 bits per heavy atom. The lowest BCUT2D eigenvalue weighted by Gasteiger charge is -2.23. The van der Waals surface area contributed by atoms with Crippen LogP contribution in [0.25, 0.3) is 0 Å². The summed E-state index contributed by atoms with van der Waals surface area (Å²) in [6, 6.07) is 5.28. The van der Waals surface area contributed by atoms with Crippen molar-refractivity contribution in [1.82, 2.24) is 10.6 Å². The average Bonchev–Trinajstić information content (AvgIpc) is 2.49. The number of carbonyl (C=O) groups excluding carboxylic acids is 2. The number of morpholine rings is 1. The van der Waals surface area contributed by atoms with Crippen LogP contribution in [0.1, 0.15) is 22.3 Å². The van der Waals surface area contributed by atoms with Gasteiger partial charge in [0, 0.05) is 31.4 Å². The van der Waals surface area contributed by atoms with E-state index in [9.17, 15) is 9.59 Å². The molecule has 1 unspecified atom stereocenters. The van der Waals surface area contributed by atoms with Crippen molar-refractivity contribution in [2.24, 2.45) is 0 Å². The fourth-order valence-electron chi connectivity index (χ4n) is 2.31. The Hall–Kier alpha value is -1.63. The molecule has 0 radical (unpaired) electrons. The molecule has 1 atom stereocenters. The molecule has 1 heterocycles. The second-order valence-corrected chi connectivity index (χ2v) is 5.01. The molecule has 122 valence electrons. The highest BCUT2D eigenvalue weighted by atomic mass is 35.5. The molecule has 3 N–H and O–H groups in total. The third kappa shape index (κ3) is 4.69. The van der Waals surface area contributed by atoms with E-state index in [2.05, 4.69) is 16.0 Å². The highest BCUT2D eigenvalue weighted by molar-refractivity contribution is 5.99. The Labute approximate surface area is 136 Å². The molecule has 0 spiro atoms. The van der Waals surface area contributed by atoms with Gasteiger partial charge in [0.15, 0.2) is 0 Å². The fraction of sp³-hybridized carbons (Fsp3) is 0.467. The van der Waals surface area contributed by atoms with Crippen LogP contribution in [0.3, 0.4) is 0 Å². The number of nitrogens with one attached hydrogen (secondary N) is 3. The van der Waals surface area contributed by atoms with E-state index in [0.717, 1.165) is 12.1 Å². The molecule has 22 heavy (non-hydrogen) atoms. The molecule has 1 aliphatic heterocycles. The minimum absolute atomic E-state index is 0. The summed E-state index contributed by atoms with van der Waals surface area (Å²) in [5, 5.41) is 8.63. The van der Waals surface area contributed by atoms with E-state index >= 15 is 0 Å². The van der Waals surface area contributed by atoms with Gasteiger partial charge in [-0.1, -0.05) is 6.07 Å². The van der Waals surface area contributed by atoms with Gasteiger partial charge in [-0.25, -0.2) is 0 Å². The SMILES string of the molecule is CNC(=O)c1cccc(NC(=O)CC2CNCCO2)c1C.Cl. The topological polar surface area (TPSA) is 79.5 Å². The minimum atomic E-state index is -0.164. The maximum atomic E-state index is 12.1. The Balaban J connectivity index is 0.00000242. The van der Waals surface area contributed by atoms with Crippen LogP contribution in [0.4, 0.5) is 5.69 Å². The Morgan fingerprint density at radius 1 is 1.41 bits per heavy atom. The van der Waals surface area contributed by atoms with Gasteiger partial charge in [0.25, 0.3) is 5.91 Å². The van der Waals surface area contributed by atoms with Gasteiger partial charge in [-0.2, -0.15) is 0 Å². The summed E-state index contributed by atoms with van der Waals surface area (Å²) in [4.78, 5) is 23.8. The van der Waals surface area contributed by atoms with Crippen molar-refractivity contribution in [2.45, 2.75) is 19.4 Å². The van der Waals surface area contributed by atoms with Crippen LogP contribution in [0.2, 0.25) is 0 Å². The second kappa shape index (κ2) is 8.73. The zero-order valence-corrected chi connectivity index (χ0v) is 13.6. The van der Waals surface area contributed by atoms with Crippen LogP contribution in [-0.4, -0.2) is 44.7 Å². The van der Waals surface area contributed by atoms with Gasteiger partial charge in [-0.15, -0.1) is 12.4 Å². The first-order valence-corrected chi connectivity index (χ1v) is 7.05. The molecule has 1 fully saturated rings. The van der Waals surface area contributed by atoms with Crippen LogP contribution in [0.15, 0.2) is 18.2 Å². The summed E-state index contributed by atoms with van der Waals surface area (Å²) >= 11 is 0. The van der Waals surface area contributed by atoms with E-state index in [1.165, 1.54) is 0 Å². The zero-order valence-electron chi connectivity index (χ0n) is 12.8. The second-order valence-electron chi connectivity index (χ2n) is 5.01. The van der Waals surface area contributed by atoms with Crippen LogP contribution >= 0.6 is 12.4 Å². The number of hydrogen-bond donors (Lipinski definition) is 3. The number of benzene rings is 1.